The number of benzene rings is 1. The number of hydrogen-bond acceptors (Lipinski definition) is 3. The molecular weight excluding hydrogens is 240 g/mol. The fraction of sp³-hybridized carbons (Fsp3) is 0.625. The van der Waals surface area contributed by atoms with E-state index in [1.54, 1.807) is 0 Å². The molecule has 1 aliphatic carbocycles. The van der Waals surface area contributed by atoms with Crippen LogP contribution in [0.3, 0.4) is 0 Å². The zero-order valence-electron chi connectivity index (χ0n) is 12.1. The van der Waals surface area contributed by atoms with E-state index in [1.807, 2.05) is 32.0 Å². The van der Waals surface area contributed by atoms with Gasteiger partial charge in [-0.05, 0) is 56.2 Å². The Hall–Kier alpha value is -1.22. The van der Waals surface area contributed by atoms with Gasteiger partial charge in [0.2, 0.25) is 0 Å². The van der Waals surface area contributed by atoms with Crippen LogP contribution >= 0.6 is 0 Å². The molecule has 0 spiro atoms. The standard InChI is InChI=1S/C16H24O3/c1-4-18-14-9-8-13(10-15(14)19-5-2)16(17)11(3)12-6-7-12/h8-12,16-17H,4-7H2,1-3H3. The van der Waals surface area contributed by atoms with E-state index < -0.39 is 6.10 Å². The highest BCUT2D eigenvalue weighted by Crippen LogP contribution is 2.43. The van der Waals surface area contributed by atoms with Crippen LogP contribution in [0.4, 0.5) is 0 Å². The van der Waals surface area contributed by atoms with Crippen LogP contribution in [0.15, 0.2) is 18.2 Å². The Morgan fingerprint density at radius 3 is 2.37 bits per heavy atom. The molecule has 1 aromatic rings. The maximum atomic E-state index is 10.4. The second-order valence-electron chi connectivity index (χ2n) is 5.21. The monoisotopic (exact) mass is 264 g/mol. The molecule has 2 rings (SSSR count). The largest absolute Gasteiger partial charge is 0.490 e. The van der Waals surface area contributed by atoms with Crippen LogP contribution in [0.2, 0.25) is 0 Å². The summed E-state index contributed by atoms with van der Waals surface area (Å²) < 4.78 is 11.1. The van der Waals surface area contributed by atoms with Gasteiger partial charge in [-0.3, -0.25) is 0 Å². The SMILES string of the molecule is CCOc1ccc(C(O)C(C)C2CC2)cc1OCC. The molecule has 3 heteroatoms. The van der Waals surface area contributed by atoms with Gasteiger partial charge >= 0.3 is 0 Å². The van der Waals surface area contributed by atoms with Gasteiger partial charge in [-0.1, -0.05) is 13.0 Å². The van der Waals surface area contributed by atoms with Crippen LogP contribution in [0.25, 0.3) is 0 Å². The lowest BCUT2D eigenvalue weighted by Crippen LogP contribution is -2.11. The molecule has 1 fully saturated rings. The van der Waals surface area contributed by atoms with Gasteiger partial charge in [0.1, 0.15) is 0 Å². The first-order valence-corrected chi connectivity index (χ1v) is 7.25. The summed E-state index contributed by atoms with van der Waals surface area (Å²) in [6.07, 6.45) is 2.07. The topological polar surface area (TPSA) is 38.7 Å². The summed E-state index contributed by atoms with van der Waals surface area (Å²) in [6.45, 7) is 7.23. The van der Waals surface area contributed by atoms with Gasteiger partial charge in [0, 0.05) is 0 Å². The van der Waals surface area contributed by atoms with Crippen molar-refractivity contribution in [1.29, 1.82) is 0 Å². The van der Waals surface area contributed by atoms with Crippen molar-refractivity contribution in [1.82, 2.24) is 0 Å². The fourth-order valence-corrected chi connectivity index (χ4v) is 2.44. The van der Waals surface area contributed by atoms with Crippen LogP contribution < -0.4 is 9.47 Å². The average molecular weight is 264 g/mol. The molecule has 1 aliphatic rings. The minimum absolute atomic E-state index is 0.312. The molecule has 106 valence electrons. The molecule has 0 heterocycles. The molecule has 2 unspecified atom stereocenters. The van der Waals surface area contributed by atoms with Crippen molar-refractivity contribution >= 4 is 0 Å². The zero-order valence-corrected chi connectivity index (χ0v) is 12.1. The molecule has 0 aliphatic heterocycles. The van der Waals surface area contributed by atoms with Crippen molar-refractivity contribution in [2.45, 2.75) is 39.7 Å². The molecule has 0 saturated heterocycles. The molecule has 0 bridgehead atoms. The van der Waals surface area contributed by atoms with Gasteiger partial charge in [0.25, 0.3) is 0 Å². The number of aliphatic hydroxyl groups is 1. The van der Waals surface area contributed by atoms with Gasteiger partial charge in [0.15, 0.2) is 11.5 Å². The van der Waals surface area contributed by atoms with Crippen molar-refractivity contribution < 1.29 is 14.6 Å². The quantitative estimate of drug-likeness (QED) is 0.818. The molecule has 19 heavy (non-hydrogen) atoms. The van der Waals surface area contributed by atoms with Crippen molar-refractivity contribution in [3.05, 3.63) is 23.8 Å². The van der Waals surface area contributed by atoms with Crippen LogP contribution in [0, 0.1) is 11.8 Å². The van der Waals surface area contributed by atoms with Crippen LogP contribution in [-0.4, -0.2) is 18.3 Å². The van der Waals surface area contributed by atoms with E-state index in [0.717, 1.165) is 17.1 Å². The Bertz CT molecular complexity index is 412. The number of aliphatic hydroxyl groups excluding tert-OH is 1. The summed E-state index contributed by atoms with van der Waals surface area (Å²) in [7, 11) is 0. The van der Waals surface area contributed by atoms with E-state index in [0.29, 0.717) is 25.0 Å². The predicted molar refractivity (Wildman–Crippen MR) is 75.6 cm³/mol. The normalized spacial score (nSPS) is 17.9. The van der Waals surface area contributed by atoms with Crippen molar-refractivity contribution in [2.75, 3.05) is 13.2 Å². The second kappa shape index (κ2) is 6.29. The average Bonchev–Trinajstić information content (AvgIpc) is 3.24. The summed E-state index contributed by atoms with van der Waals surface area (Å²) in [6, 6.07) is 5.75. The highest BCUT2D eigenvalue weighted by molar-refractivity contribution is 5.43. The molecule has 1 N–H and O–H groups in total. The third kappa shape index (κ3) is 3.41. The smallest absolute Gasteiger partial charge is 0.161 e. The highest BCUT2D eigenvalue weighted by Gasteiger charge is 2.33. The molecule has 0 amide bonds. The van der Waals surface area contributed by atoms with E-state index >= 15 is 0 Å². The first kappa shape index (κ1) is 14.2. The Balaban J connectivity index is 2.18. The molecule has 3 nitrogen and oxygen atoms in total. The van der Waals surface area contributed by atoms with Gasteiger partial charge in [-0.2, -0.15) is 0 Å². The number of rotatable bonds is 7. The van der Waals surface area contributed by atoms with E-state index in [-0.39, 0.29) is 0 Å². The summed E-state index contributed by atoms with van der Waals surface area (Å²) in [5, 5.41) is 10.4. The van der Waals surface area contributed by atoms with Crippen LogP contribution in [-0.2, 0) is 0 Å². The van der Waals surface area contributed by atoms with Gasteiger partial charge in [-0.25, -0.2) is 0 Å². The van der Waals surface area contributed by atoms with Crippen molar-refractivity contribution in [3.8, 4) is 11.5 Å². The Morgan fingerprint density at radius 1 is 1.16 bits per heavy atom. The summed E-state index contributed by atoms with van der Waals surface area (Å²) >= 11 is 0. The molecule has 1 aromatic carbocycles. The number of hydrogen-bond donors (Lipinski definition) is 1. The lowest BCUT2D eigenvalue weighted by Gasteiger charge is -2.20. The van der Waals surface area contributed by atoms with Crippen molar-refractivity contribution in [2.24, 2.45) is 11.8 Å². The third-order valence-electron chi connectivity index (χ3n) is 3.77. The minimum atomic E-state index is -0.414. The number of ether oxygens (including phenoxy) is 2. The fourth-order valence-electron chi connectivity index (χ4n) is 2.44. The van der Waals surface area contributed by atoms with E-state index in [4.69, 9.17) is 9.47 Å². The lowest BCUT2D eigenvalue weighted by atomic mass is 9.93. The van der Waals surface area contributed by atoms with Crippen molar-refractivity contribution in [3.63, 3.8) is 0 Å². The Morgan fingerprint density at radius 2 is 1.79 bits per heavy atom. The predicted octanol–water partition coefficient (Wildman–Crippen LogP) is 3.56. The first-order valence-electron chi connectivity index (χ1n) is 7.25. The first-order chi connectivity index (χ1) is 9.17. The molecule has 0 aromatic heterocycles. The Labute approximate surface area is 115 Å². The van der Waals surface area contributed by atoms with Gasteiger partial charge in [-0.15, -0.1) is 0 Å². The molecule has 2 atom stereocenters. The van der Waals surface area contributed by atoms with E-state index in [9.17, 15) is 5.11 Å². The van der Waals surface area contributed by atoms with Crippen LogP contribution in [0.1, 0.15) is 45.3 Å². The lowest BCUT2D eigenvalue weighted by molar-refractivity contribution is 0.105. The van der Waals surface area contributed by atoms with Crippen LogP contribution in [0.5, 0.6) is 11.5 Å². The molecule has 1 saturated carbocycles. The van der Waals surface area contributed by atoms with E-state index in [1.165, 1.54) is 12.8 Å². The molecular formula is C16H24O3. The summed E-state index contributed by atoms with van der Waals surface area (Å²) in [5.41, 5.74) is 0.923. The van der Waals surface area contributed by atoms with E-state index in [2.05, 4.69) is 6.92 Å². The summed E-state index contributed by atoms with van der Waals surface area (Å²) in [4.78, 5) is 0. The molecule has 0 radical (unpaired) electrons. The highest BCUT2D eigenvalue weighted by atomic mass is 16.5. The van der Waals surface area contributed by atoms with Gasteiger partial charge < -0.3 is 14.6 Å². The minimum Gasteiger partial charge on any atom is -0.490 e. The maximum Gasteiger partial charge on any atom is 0.161 e. The maximum absolute atomic E-state index is 10.4. The Kier molecular flexibility index (Phi) is 4.70. The third-order valence-corrected chi connectivity index (χ3v) is 3.77. The summed E-state index contributed by atoms with van der Waals surface area (Å²) in [5.74, 6) is 2.47. The second-order valence-corrected chi connectivity index (χ2v) is 5.21. The van der Waals surface area contributed by atoms with Gasteiger partial charge in [0.05, 0.1) is 19.3 Å². The zero-order chi connectivity index (χ0) is 13.8.